The maximum Gasteiger partial charge on any atom is 0.322 e. The first-order chi connectivity index (χ1) is 28.1. The average molecular weight is 815 g/mol. The van der Waals surface area contributed by atoms with Crippen LogP contribution in [0.5, 0.6) is 0 Å². The summed E-state index contributed by atoms with van der Waals surface area (Å²) >= 11 is 0. The molecule has 4 aromatic rings. The van der Waals surface area contributed by atoms with Crippen molar-refractivity contribution in [2.45, 2.75) is 64.3 Å². The van der Waals surface area contributed by atoms with Gasteiger partial charge in [-0.05, 0) is 43.3 Å². The Bertz CT molecular complexity index is 2460. The van der Waals surface area contributed by atoms with Gasteiger partial charge >= 0.3 is 12.1 Å². The molecular formula is C39H38F4N12O4. The van der Waals surface area contributed by atoms with Crippen molar-refractivity contribution in [3.8, 4) is 12.1 Å². The van der Waals surface area contributed by atoms with Gasteiger partial charge in [-0.3, -0.25) is 19.0 Å². The third-order valence-corrected chi connectivity index (χ3v) is 10.6. The molecule has 306 valence electrons. The van der Waals surface area contributed by atoms with Gasteiger partial charge in [0.2, 0.25) is 0 Å². The fourth-order valence-electron chi connectivity index (χ4n) is 7.60. The number of amides is 6. The minimum Gasteiger partial charge on any atom is -0.337 e. The highest BCUT2D eigenvalue weighted by Gasteiger charge is 2.38. The molecule has 0 saturated carbocycles. The number of urea groups is 2. The van der Waals surface area contributed by atoms with E-state index >= 15 is 0 Å². The largest absolute Gasteiger partial charge is 0.337 e. The van der Waals surface area contributed by atoms with Crippen LogP contribution in [0.15, 0.2) is 36.4 Å². The van der Waals surface area contributed by atoms with Crippen LogP contribution in [0, 0.1) is 34.3 Å². The number of halogens is 4. The van der Waals surface area contributed by atoms with Crippen molar-refractivity contribution in [2.75, 3.05) is 44.4 Å². The Kier molecular flexibility index (Phi) is 11.0. The second-order valence-corrected chi connectivity index (χ2v) is 14.8. The molecule has 2 aromatic heterocycles. The normalized spacial score (nSPS) is 19.7. The van der Waals surface area contributed by atoms with E-state index < -0.39 is 36.0 Å². The standard InChI is InChI=1S/C20H20F2N6O2.C19H18F2N6O2/c1-11-5-17-15(18-19(29)26(2)8-13(21)9-28(18)25-17)10-27(11)20(30)24-14-3-4-16(22)12(6-14)7-23;1-25-8-12(20)9-27-17(18(25)28)14-10-26(5-4-16(14)24-27)19(29)23-13-2-3-15(21)11(6-13)7-22/h3-4,6,11,13H,5,8-10H2,1-2H3,(H,24,30);2-3,6,12H,4-5,8-10H2,1H3,(H,23,29). The second kappa shape index (κ2) is 16.1. The van der Waals surface area contributed by atoms with Crippen molar-refractivity contribution in [3.63, 3.8) is 0 Å². The molecule has 4 aliphatic heterocycles. The fourth-order valence-corrected chi connectivity index (χ4v) is 7.60. The molecule has 2 N–H and O–H groups in total. The molecule has 0 bridgehead atoms. The summed E-state index contributed by atoms with van der Waals surface area (Å²) in [5, 5.41) is 32.0. The third-order valence-electron chi connectivity index (χ3n) is 10.6. The molecule has 0 fully saturated rings. The molecular weight excluding hydrogens is 777 g/mol. The van der Waals surface area contributed by atoms with E-state index in [1.54, 1.807) is 31.1 Å². The zero-order valence-electron chi connectivity index (χ0n) is 32.2. The van der Waals surface area contributed by atoms with Gasteiger partial charge in [0.05, 0.1) is 61.8 Å². The van der Waals surface area contributed by atoms with Crippen molar-refractivity contribution >= 4 is 35.3 Å². The zero-order valence-corrected chi connectivity index (χ0v) is 32.2. The van der Waals surface area contributed by atoms with E-state index in [2.05, 4.69) is 20.8 Å². The molecule has 0 spiro atoms. The Hall–Kier alpha value is -6.96. The molecule has 8 rings (SSSR count). The van der Waals surface area contributed by atoms with E-state index in [1.807, 2.05) is 6.92 Å². The van der Waals surface area contributed by atoms with Gasteiger partial charge in [-0.25, -0.2) is 27.2 Å². The number of hydrogen-bond acceptors (Lipinski definition) is 8. The number of fused-ring (bicyclic) bond motifs is 6. The number of nitrogens with one attached hydrogen (secondary N) is 2. The van der Waals surface area contributed by atoms with E-state index in [0.717, 1.165) is 12.1 Å². The summed E-state index contributed by atoms with van der Waals surface area (Å²) in [5.74, 6) is -1.97. The van der Waals surface area contributed by atoms with Crippen LogP contribution >= 0.6 is 0 Å². The molecule has 4 aliphatic rings. The van der Waals surface area contributed by atoms with Gasteiger partial charge in [-0.2, -0.15) is 20.7 Å². The van der Waals surface area contributed by atoms with Crippen LogP contribution in [0.4, 0.5) is 38.5 Å². The van der Waals surface area contributed by atoms with Gasteiger partial charge in [0.15, 0.2) is 0 Å². The molecule has 0 saturated heterocycles. The van der Waals surface area contributed by atoms with Crippen LogP contribution in [0.3, 0.4) is 0 Å². The molecule has 2 aromatic carbocycles. The Morgan fingerprint density at radius 2 is 1.24 bits per heavy atom. The topological polar surface area (TPSA) is 189 Å². The van der Waals surface area contributed by atoms with Gasteiger partial charge in [0.1, 0.15) is 47.5 Å². The first-order valence-electron chi connectivity index (χ1n) is 18.6. The fraction of sp³-hybridized carbons (Fsp3) is 0.385. The number of carbonyl (C=O) groups is 4. The van der Waals surface area contributed by atoms with Crippen LogP contribution in [0.2, 0.25) is 0 Å². The lowest BCUT2D eigenvalue weighted by Crippen LogP contribution is -2.45. The van der Waals surface area contributed by atoms with Crippen LogP contribution in [-0.4, -0.2) is 115 Å². The average Bonchev–Trinajstić information content (AvgIpc) is 3.67. The number of anilines is 2. The number of nitriles is 2. The summed E-state index contributed by atoms with van der Waals surface area (Å²) in [5.41, 5.74) is 3.49. The van der Waals surface area contributed by atoms with Gasteiger partial charge in [-0.15, -0.1) is 0 Å². The van der Waals surface area contributed by atoms with Gasteiger partial charge in [0.25, 0.3) is 11.8 Å². The van der Waals surface area contributed by atoms with Crippen molar-refractivity contribution in [2.24, 2.45) is 0 Å². The van der Waals surface area contributed by atoms with Crippen molar-refractivity contribution in [1.29, 1.82) is 10.5 Å². The maximum absolute atomic E-state index is 14.1. The van der Waals surface area contributed by atoms with Crippen LogP contribution in [-0.2, 0) is 39.0 Å². The summed E-state index contributed by atoms with van der Waals surface area (Å²) < 4.78 is 58.0. The lowest BCUT2D eigenvalue weighted by Gasteiger charge is -2.33. The minimum atomic E-state index is -1.22. The lowest BCUT2D eigenvalue weighted by atomic mass is 9.99. The van der Waals surface area contributed by atoms with E-state index in [4.69, 9.17) is 10.5 Å². The maximum atomic E-state index is 14.1. The van der Waals surface area contributed by atoms with Gasteiger partial charge < -0.3 is 30.2 Å². The van der Waals surface area contributed by atoms with Crippen molar-refractivity contribution < 1.29 is 36.7 Å². The Labute approximate surface area is 335 Å². The molecule has 3 unspecified atom stereocenters. The monoisotopic (exact) mass is 814 g/mol. The lowest BCUT2D eigenvalue weighted by molar-refractivity contribution is 0.0760. The SMILES string of the molecule is CC1Cc2nn3c(c2CN1C(=O)Nc1ccc(F)c(C#N)c1)C(=O)N(C)CC(F)C3.CN1CC(F)Cn2nc3c(c2C1=O)CN(C(=O)Nc1ccc(F)c(C#N)c1)CC3. The summed E-state index contributed by atoms with van der Waals surface area (Å²) in [6.07, 6.45) is -1.57. The quantitative estimate of drug-likeness (QED) is 0.282. The van der Waals surface area contributed by atoms with Crippen LogP contribution in [0.1, 0.15) is 61.5 Å². The van der Waals surface area contributed by atoms with Gasteiger partial charge in [0, 0.05) is 62.0 Å². The second-order valence-electron chi connectivity index (χ2n) is 14.8. The molecule has 6 amide bonds. The van der Waals surface area contributed by atoms with E-state index in [0.29, 0.717) is 64.7 Å². The van der Waals surface area contributed by atoms with Crippen LogP contribution < -0.4 is 10.6 Å². The molecule has 16 nitrogen and oxygen atoms in total. The summed E-state index contributed by atoms with van der Waals surface area (Å²) in [6, 6.07) is 9.85. The van der Waals surface area contributed by atoms with E-state index in [-0.39, 0.29) is 68.3 Å². The summed E-state index contributed by atoms with van der Waals surface area (Å²) in [6.45, 7) is 2.48. The van der Waals surface area contributed by atoms with Crippen molar-refractivity contribution in [3.05, 3.63) is 93.1 Å². The number of aromatic nitrogens is 4. The molecule has 0 radical (unpaired) electrons. The Morgan fingerprint density at radius 3 is 1.76 bits per heavy atom. The smallest absolute Gasteiger partial charge is 0.322 e. The number of nitrogens with zero attached hydrogens (tertiary/aromatic N) is 10. The molecule has 6 heterocycles. The highest BCUT2D eigenvalue weighted by atomic mass is 19.1. The number of benzene rings is 2. The molecule has 59 heavy (non-hydrogen) atoms. The first-order valence-corrected chi connectivity index (χ1v) is 18.6. The first kappa shape index (κ1) is 40.2. The Balaban J connectivity index is 0.000000179. The molecule has 0 aliphatic carbocycles. The number of hydrogen-bond donors (Lipinski definition) is 2. The van der Waals surface area contributed by atoms with E-state index in [9.17, 15) is 36.7 Å². The predicted octanol–water partition coefficient (Wildman–Crippen LogP) is 4.20. The molecule has 20 heteroatoms. The van der Waals surface area contributed by atoms with Gasteiger partial charge in [-0.1, -0.05) is 0 Å². The van der Waals surface area contributed by atoms with E-state index in [1.165, 1.54) is 48.3 Å². The van der Waals surface area contributed by atoms with Crippen LogP contribution in [0.25, 0.3) is 0 Å². The minimum absolute atomic E-state index is 0.00285. The van der Waals surface area contributed by atoms with Crippen molar-refractivity contribution in [1.82, 2.24) is 39.2 Å². The number of rotatable bonds is 2. The third kappa shape index (κ3) is 7.98. The highest BCUT2D eigenvalue weighted by molar-refractivity contribution is 5.96. The zero-order chi connectivity index (χ0) is 42.3. The number of carbonyl (C=O) groups excluding carboxylic acids is 4. The Morgan fingerprint density at radius 1 is 0.746 bits per heavy atom. The predicted molar refractivity (Wildman–Crippen MR) is 201 cm³/mol. The molecule has 3 atom stereocenters. The summed E-state index contributed by atoms with van der Waals surface area (Å²) in [4.78, 5) is 56.7. The summed E-state index contributed by atoms with van der Waals surface area (Å²) in [7, 11) is 3.08. The number of alkyl halides is 2. The highest BCUT2D eigenvalue weighted by Crippen LogP contribution is 2.30.